The molecule has 1 aliphatic rings. The van der Waals surface area contributed by atoms with Crippen molar-refractivity contribution in [3.63, 3.8) is 0 Å². The number of carbonyl (C=O) groups excluding carboxylic acids is 2. The Balaban J connectivity index is 1.75. The quantitative estimate of drug-likeness (QED) is 0.834. The number of nitrogens with one attached hydrogen (secondary N) is 1. The van der Waals surface area contributed by atoms with E-state index in [4.69, 9.17) is 4.74 Å². The molecule has 0 aliphatic carbocycles. The van der Waals surface area contributed by atoms with Crippen molar-refractivity contribution in [2.45, 2.75) is 44.9 Å². The molecule has 2 amide bonds. The van der Waals surface area contributed by atoms with Gasteiger partial charge >= 0.3 is 0 Å². The molecule has 1 atom stereocenters. The minimum Gasteiger partial charge on any atom is -0.380 e. The van der Waals surface area contributed by atoms with Crippen LogP contribution in [0, 0.1) is 0 Å². The summed E-state index contributed by atoms with van der Waals surface area (Å²) >= 11 is 0. The number of nitrogens with zero attached hydrogens (tertiary/aromatic N) is 1. The molecule has 0 aromatic heterocycles. The van der Waals surface area contributed by atoms with Crippen LogP contribution in [-0.2, 0) is 22.7 Å². The fourth-order valence-corrected chi connectivity index (χ4v) is 3.81. The number of benzene rings is 2. The first-order valence-electron chi connectivity index (χ1n) is 9.77. The molecule has 2 aromatic rings. The van der Waals surface area contributed by atoms with E-state index < -0.39 is 5.54 Å². The predicted molar refractivity (Wildman–Crippen MR) is 109 cm³/mol. The summed E-state index contributed by atoms with van der Waals surface area (Å²) in [5.41, 5.74) is 1.85. The molecule has 1 fully saturated rings. The summed E-state index contributed by atoms with van der Waals surface area (Å²) in [6.07, 6.45) is 2.51. The number of ether oxygens (including phenoxy) is 1. The Morgan fingerprint density at radius 1 is 1.04 bits per heavy atom. The van der Waals surface area contributed by atoms with Gasteiger partial charge in [0.2, 0.25) is 5.91 Å². The first kappa shape index (κ1) is 20.1. The lowest BCUT2D eigenvalue weighted by atomic mass is 9.86. The fourth-order valence-electron chi connectivity index (χ4n) is 3.81. The van der Waals surface area contributed by atoms with E-state index in [0.29, 0.717) is 31.7 Å². The van der Waals surface area contributed by atoms with Gasteiger partial charge in [-0.05, 0) is 49.4 Å². The molecular formula is C23H28N2O3. The van der Waals surface area contributed by atoms with Crippen LogP contribution >= 0.6 is 0 Å². The fraction of sp³-hybridized carbons (Fsp3) is 0.391. The van der Waals surface area contributed by atoms with Crippen molar-refractivity contribution in [3.8, 4) is 0 Å². The lowest BCUT2D eigenvalue weighted by Gasteiger charge is -2.43. The van der Waals surface area contributed by atoms with Crippen LogP contribution in [0.1, 0.15) is 47.7 Å². The normalized spacial score (nSPS) is 19.3. The Kier molecular flexibility index (Phi) is 6.47. The number of hydrogen-bond donors (Lipinski definition) is 1. The van der Waals surface area contributed by atoms with Crippen molar-refractivity contribution in [1.82, 2.24) is 10.2 Å². The van der Waals surface area contributed by atoms with Gasteiger partial charge in [-0.2, -0.15) is 0 Å². The highest BCUT2D eigenvalue weighted by Crippen LogP contribution is 2.30. The maximum absolute atomic E-state index is 13.2. The van der Waals surface area contributed by atoms with E-state index in [1.165, 1.54) is 0 Å². The van der Waals surface area contributed by atoms with E-state index in [-0.39, 0.29) is 11.8 Å². The lowest BCUT2D eigenvalue weighted by molar-refractivity contribution is -0.133. The number of hydrogen-bond acceptors (Lipinski definition) is 3. The third kappa shape index (κ3) is 4.25. The van der Waals surface area contributed by atoms with Crippen LogP contribution in [0.15, 0.2) is 54.6 Å². The third-order valence-corrected chi connectivity index (χ3v) is 5.50. The van der Waals surface area contributed by atoms with Crippen molar-refractivity contribution in [2.75, 3.05) is 13.7 Å². The van der Waals surface area contributed by atoms with E-state index in [1.807, 2.05) is 49.4 Å². The van der Waals surface area contributed by atoms with Gasteiger partial charge in [-0.1, -0.05) is 42.5 Å². The zero-order valence-corrected chi connectivity index (χ0v) is 16.6. The van der Waals surface area contributed by atoms with Crippen LogP contribution in [-0.4, -0.2) is 35.9 Å². The smallest absolute Gasteiger partial charge is 0.254 e. The molecule has 1 saturated heterocycles. The van der Waals surface area contributed by atoms with E-state index in [1.54, 1.807) is 24.1 Å². The first-order chi connectivity index (χ1) is 13.6. The molecule has 3 rings (SSSR count). The SMILES string of the molecule is COCc1ccccc1CNC(=O)[C@@]1(C)CCCCN1C(=O)c1ccccc1. The van der Waals surface area contributed by atoms with Gasteiger partial charge < -0.3 is 15.0 Å². The number of amides is 2. The second-order valence-electron chi connectivity index (χ2n) is 7.44. The molecule has 28 heavy (non-hydrogen) atoms. The molecular weight excluding hydrogens is 352 g/mol. The molecule has 0 saturated carbocycles. The zero-order chi connectivity index (χ0) is 20.0. The Labute approximate surface area is 166 Å². The molecule has 1 heterocycles. The summed E-state index contributed by atoms with van der Waals surface area (Å²) in [5.74, 6) is -0.193. The van der Waals surface area contributed by atoms with Crippen LogP contribution in [0.4, 0.5) is 0 Å². The minimum absolute atomic E-state index is 0.0854. The minimum atomic E-state index is -0.846. The zero-order valence-electron chi connectivity index (χ0n) is 16.6. The van der Waals surface area contributed by atoms with Crippen molar-refractivity contribution in [2.24, 2.45) is 0 Å². The number of methoxy groups -OCH3 is 1. The Morgan fingerprint density at radius 3 is 2.43 bits per heavy atom. The summed E-state index contributed by atoms with van der Waals surface area (Å²) in [6.45, 7) is 3.39. The maximum atomic E-state index is 13.2. The Morgan fingerprint density at radius 2 is 1.71 bits per heavy atom. The molecule has 1 aliphatic heterocycles. The van der Waals surface area contributed by atoms with Crippen molar-refractivity contribution < 1.29 is 14.3 Å². The number of carbonyl (C=O) groups is 2. The van der Waals surface area contributed by atoms with Crippen molar-refractivity contribution in [3.05, 3.63) is 71.3 Å². The van der Waals surface area contributed by atoms with Gasteiger partial charge in [0, 0.05) is 25.8 Å². The largest absolute Gasteiger partial charge is 0.380 e. The molecule has 2 aromatic carbocycles. The van der Waals surface area contributed by atoms with Crippen LogP contribution in [0.25, 0.3) is 0 Å². The molecule has 5 nitrogen and oxygen atoms in total. The highest BCUT2D eigenvalue weighted by atomic mass is 16.5. The van der Waals surface area contributed by atoms with E-state index in [0.717, 1.165) is 24.0 Å². The highest BCUT2D eigenvalue weighted by molar-refractivity contribution is 5.99. The molecule has 0 unspecified atom stereocenters. The van der Waals surface area contributed by atoms with Gasteiger partial charge in [-0.15, -0.1) is 0 Å². The Hall–Kier alpha value is -2.66. The highest BCUT2D eigenvalue weighted by Gasteiger charge is 2.43. The van der Waals surface area contributed by atoms with E-state index >= 15 is 0 Å². The second-order valence-corrected chi connectivity index (χ2v) is 7.44. The van der Waals surface area contributed by atoms with Gasteiger partial charge in [0.25, 0.3) is 5.91 Å². The summed E-state index contributed by atoms with van der Waals surface area (Å²) in [6, 6.07) is 17.1. The van der Waals surface area contributed by atoms with Gasteiger partial charge in [-0.3, -0.25) is 9.59 Å². The summed E-state index contributed by atoms with van der Waals surface area (Å²) in [4.78, 5) is 28.0. The van der Waals surface area contributed by atoms with Crippen LogP contribution < -0.4 is 5.32 Å². The van der Waals surface area contributed by atoms with Gasteiger partial charge in [0.1, 0.15) is 5.54 Å². The van der Waals surface area contributed by atoms with Gasteiger partial charge in [0.05, 0.1) is 6.61 Å². The average molecular weight is 380 g/mol. The first-order valence-corrected chi connectivity index (χ1v) is 9.77. The molecule has 148 valence electrons. The summed E-state index contributed by atoms with van der Waals surface area (Å²) in [5, 5.41) is 3.06. The van der Waals surface area contributed by atoms with Crippen molar-refractivity contribution >= 4 is 11.8 Å². The molecule has 0 bridgehead atoms. The van der Waals surface area contributed by atoms with Crippen LogP contribution in [0.5, 0.6) is 0 Å². The average Bonchev–Trinajstić information content (AvgIpc) is 2.73. The summed E-state index contributed by atoms with van der Waals surface area (Å²) in [7, 11) is 1.66. The second kappa shape index (κ2) is 9.02. The molecule has 5 heteroatoms. The van der Waals surface area contributed by atoms with E-state index in [2.05, 4.69) is 5.32 Å². The van der Waals surface area contributed by atoms with Gasteiger partial charge in [-0.25, -0.2) is 0 Å². The number of piperidine rings is 1. The van der Waals surface area contributed by atoms with Crippen molar-refractivity contribution in [1.29, 1.82) is 0 Å². The van der Waals surface area contributed by atoms with Crippen LogP contribution in [0.3, 0.4) is 0 Å². The molecule has 0 radical (unpaired) electrons. The number of rotatable bonds is 6. The standard InChI is InChI=1S/C23H28N2O3/c1-23(22(27)24-16-19-12-6-7-13-20(19)17-28-2)14-8-9-15-25(23)21(26)18-10-4-3-5-11-18/h3-7,10-13H,8-9,14-17H2,1-2H3,(H,24,27)/t23-/m1/s1. The van der Waals surface area contributed by atoms with Crippen LogP contribution in [0.2, 0.25) is 0 Å². The van der Waals surface area contributed by atoms with E-state index in [9.17, 15) is 9.59 Å². The monoisotopic (exact) mass is 380 g/mol. The Bertz CT molecular complexity index is 822. The maximum Gasteiger partial charge on any atom is 0.254 e. The third-order valence-electron chi connectivity index (χ3n) is 5.50. The lowest BCUT2D eigenvalue weighted by Crippen LogP contribution is -2.60. The summed E-state index contributed by atoms with van der Waals surface area (Å²) < 4.78 is 5.24. The number of likely N-dealkylation sites (tertiary alicyclic amines) is 1. The molecule has 1 N–H and O–H groups in total. The predicted octanol–water partition coefficient (Wildman–Crippen LogP) is 3.53. The molecule has 0 spiro atoms. The topological polar surface area (TPSA) is 58.6 Å². The van der Waals surface area contributed by atoms with Gasteiger partial charge in [0.15, 0.2) is 0 Å².